The molecule has 174 valence electrons. The van der Waals surface area contributed by atoms with Crippen LogP contribution < -0.4 is 5.32 Å². The normalized spacial score (nSPS) is 16.8. The number of carbonyl (C=O) groups excluding carboxylic acids is 1. The van der Waals surface area contributed by atoms with Crippen LogP contribution in [0.5, 0.6) is 0 Å². The van der Waals surface area contributed by atoms with Crippen molar-refractivity contribution in [2.24, 2.45) is 0 Å². The minimum Gasteiger partial charge on any atom is -0.378 e. The van der Waals surface area contributed by atoms with Crippen LogP contribution >= 0.6 is 0 Å². The summed E-state index contributed by atoms with van der Waals surface area (Å²) in [4.78, 5) is 21.7. The number of halogens is 4. The lowest BCUT2D eigenvalue weighted by molar-refractivity contribution is -0.131. The monoisotopic (exact) mass is 460 g/mol. The zero-order chi connectivity index (χ0) is 23.8. The molecule has 0 spiro atoms. The SMILES string of the molecule is CC(=O)N1CCC(F)(c2cc3c(N[C@H](C)c4cccc(C(F)F)c4F)ccnc3cn2)CC1. The molecule has 4 rings (SSSR count). The van der Waals surface area contributed by atoms with Gasteiger partial charge in [0.15, 0.2) is 5.67 Å². The number of hydrogen-bond acceptors (Lipinski definition) is 4. The fraction of sp³-hybridized carbons (Fsp3) is 0.375. The number of fused-ring (bicyclic) bond motifs is 1. The average Bonchev–Trinajstić information content (AvgIpc) is 2.79. The molecule has 1 atom stereocenters. The van der Waals surface area contributed by atoms with Crippen LogP contribution in [0.15, 0.2) is 42.7 Å². The summed E-state index contributed by atoms with van der Waals surface area (Å²) >= 11 is 0. The molecule has 5 nitrogen and oxygen atoms in total. The van der Waals surface area contributed by atoms with Crippen LogP contribution in [-0.4, -0.2) is 33.9 Å². The highest BCUT2D eigenvalue weighted by molar-refractivity contribution is 5.91. The molecule has 1 saturated heterocycles. The topological polar surface area (TPSA) is 58.1 Å². The van der Waals surface area contributed by atoms with E-state index < -0.39 is 29.5 Å². The van der Waals surface area contributed by atoms with E-state index in [1.54, 1.807) is 30.2 Å². The lowest BCUT2D eigenvalue weighted by Crippen LogP contribution is -2.42. The summed E-state index contributed by atoms with van der Waals surface area (Å²) < 4.78 is 56.6. The van der Waals surface area contributed by atoms with Crippen LogP contribution in [0.25, 0.3) is 10.9 Å². The number of benzene rings is 1. The van der Waals surface area contributed by atoms with Crippen molar-refractivity contribution >= 4 is 22.5 Å². The summed E-state index contributed by atoms with van der Waals surface area (Å²) in [5.74, 6) is -1.04. The summed E-state index contributed by atoms with van der Waals surface area (Å²) in [6.45, 7) is 3.74. The van der Waals surface area contributed by atoms with Crippen LogP contribution in [0, 0.1) is 5.82 Å². The minimum atomic E-state index is -2.91. The molecule has 1 aromatic carbocycles. The van der Waals surface area contributed by atoms with E-state index in [-0.39, 0.29) is 30.0 Å². The van der Waals surface area contributed by atoms with Gasteiger partial charge in [0.1, 0.15) is 5.82 Å². The lowest BCUT2D eigenvalue weighted by atomic mass is 9.89. The van der Waals surface area contributed by atoms with Crippen LogP contribution in [0.3, 0.4) is 0 Å². The molecule has 1 aliphatic heterocycles. The molecule has 0 radical (unpaired) electrons. The minimum absolute atomic E-state index is 0.0867. The van der Waals surface area contributed by atoms with Gasteiger partial charge in [-0.1, -0.05) is 18.2 Å². The highest BCUT2D eigenvalue weighted by atomic mass is 19.3. The zero-order valence-corrected chi connectivity index (χ0v) is 18.3. The Hall–Kier alpha value is -3.23. The van der Waals surface area contributed by atoms with Crippen LogP contribution in [0.4, 0.5) is 23.2 Å². The predicted octanol–water partition coefficient (Wildman–Crippen LogP) is 5.69. The summed E-state index contributed by atoms with van der Waals surface area (Å²) in [6.07, 6.45) is 0.382. The second kappa shape index (κ2) is 8.96. The number of pyridine rings is 2. The highest BCUT2D eigenvalue weighted by Gasteiger charge is 2.38. The number of anilines is 1. The molecule has 33 heavy (non-hydrogen) atoms. The van der Waals surface area contributed by atoms with Gasteiger partial charge >= 0.3 is 0 Å². The fourth-order valence-electron chi connectivity index (χ4n) is 4.23. The molecular weight excluding hydrogens is 436 g/mol. The van der Waals surface area contributed by atoms with Gasteiger partial charge in [0.05, 0.1) is 29.0 Å². The molecule has 1 amide bonds. The number of alkyl halides is 3. The van der Waals surface area contributed by atoms with Crippen molar-refractivity contribution in [3.63, 3.8) is 0 Å². The quantitative estimate of drug-likeness (QED) is 0.497. The van der Waals surface area contributed by atoms with Crippen molar-refractivity contribution in [2.75, 3.05) is 18.4 Å². The maximum Gasteiger partial charge on any atom is 0.266 e. The standard InChI is InChI=1S/C24H24F4N4O/c1-14(16-4-3-5-17(22(16)25)23(26)27)31-19-6-9-29-20-13-30-21(12-18(19)20)24(28)7-10-32(11-8-24)15(2)33/h3-6,9,12-14,23H,7-8,10-11H2,1-2H3,(H,29,31)/t14-/m1/s1. The molecule has 9 heteroatoms. The van der Waals surface area contributed by atoms with E-state index in [9.17, 15) is 18.0 Å². The van der Waals surface area contributed by atoms with Crippen LogP contribution in [0.2, 0.25) is 0 Å². The van der Waals surface area contributed by atoms with Crippen molar-refractivity contribution in [2.45, 2.75) is 44.8 Å². The van der Waals surface area contributed by atoms with Gasteiger partial charge in [-0.25, -0.2) is 17.6 Å². The number of carbonyl (C=O) groups is 1. The number of rotatable bonds is 5. The Kier molecular flexibility index (Phi) is 6.23. The van der Waals surface area contributed by atoms with Crippen LogP contribution in [-0.2, 0) is 10.5 Å². The van der Waals surface area contributed by atoms with Gasteiger partial charge in [-0.2, -0.15) is 0 Å². The van der Waals surface area contributed by atoms with E-state index in [4.69, 9.17) is 0 Å². The Morgan fingerprint density at radius 2 is 1.85 bits per heavy atom. The van der Waals surface area contributed by atoms with E-state index in [0.717, 1.165) is 6.07 Å². The van der Waals surface area contributed by atoms with E-state index in [1.807, 2.05) is 0 Å². The number of nitrogens with one attached hydrogen (secondary N) is 1. The molecule has 0 saturated carbocycles. The first-order chi connectivity index (χ1) is 15.7. The maximum atomic E-state index is 15.7. The fourth-order valence-corrected chi connectivity index (χ4v) is 4.23. The van der Waals surface area contributed by atoms with Crippen molar-refractivity contribution in [3.05, 3.63) is 65.4 Å². The molecular formula is C24H24F4N4O. The summed E-state index contributed by atoms with van der Waals surface area (Å²) in [5, 5.41) is 3.73. The molecule has 1 fully saturated rings. The number of amides is 1. The number of nitrogens with zero attached hydrogens (tertiary/aromatic N) is 3. The maximum absolute atomic E-state index is 15.7. The van der Waals surface area contributed by atoms with Gasteiger partial charge < -0.3 is 10.2 Å². The summed E-state index contributed by atoms with van der Waals surface area (Å²) in [5.41, 5.74) is -0.913. The summed E-state index contributed by atoms with van der Waals surface area (Å²) in [7, 11) is 0. The van der Waals surface area contributed by atoms with Gasteiger partial charge in [0.2, 0.25) is 5.91 Å². The third-order valence-electron chi connectivity index (χ3n) is 6.22. The third-order valence-corrected chi connectivity index (χ3v) is 6.22. The molecule has 1 N–H and O–H groups in total. The number of piperidine rings is 1. The Morgan fingerprint density at radius 1 is 1.15 bits per heavy atom. The Labute approximate surface area is 188 Å². The van der Waals surface area contributed by atoms with E-state index in [2.05, 4.69) is 15.3 Å². The largest absolute Gasteiger partial charge is 0.378 e. The first-order valence-electron chi connectivity index (χ1n) is 10.7. The van der Waals surface area contributed by atoms with Gasteiger partial charge in [0, 0.05) is 55.7 Å². The number of likely N-dealkylation sites (tertiary alicyclic amines) is 1. The lowest BCUT2D eigenvalue weighted by Gasteiger charge is -2.35. The molecule has 0 bridgehead atoms. The van der Waals surface area contributed by atoms with Crippen molar-refractivity contribution in [1.29, 1.82) is 0 Å². The first-order valence-corrected chi connectivity index (χ1v) is 10.7. The van der Waals surface area contributed by atoms with Gasteiger partial charge in [-0.15, -0.1) is 0 Å². The van der Waals surface area contributed by atoms with Gasteiger partial charge in [0.25, 0.3) is 6.43 Å². The molecule has 1 aliphatic rings. The Morgan fingerprint density at radius 3 is 2.52 bits per heavy atom. The smallest absolute Gasteiger partial charge is 0.266 e. The summed E-state index contributed by atoms with van der Waals surface area (Å²) in [6, 6.07) is 6.56. The zero-order valence-electron chi connectivity index (χ0n) is 18.3. The predicted molar refractivity (Wildman–Crippen MR) is 117 cm³/mol. The van der Waals surface area contributed by atoms with Crippen molar-refractivity contribution < 1.29 is 22.4 Å². The third kappa shape index (κ3) is 4.49. The molecule has 0 aliphatic carbocycles. The molecule has 2 aromatic heterocycles. The number of hydrogen-bond donors (Lipinski definition) is 1. The molecule has 3 aromatic rings. The van der Waals surface area contributed by atoms with E-state index in [0.29, 0.717) is 29.7 Å². The second-order valence-corrected chi connectivity index (χ2v) is 8.33. The van der Waals surface area contributed by atoms with Gasteiger partial charge in [-0.05, 0) is 19.1 Å². The van der Waals surface area contributed by atoms with E-state index >= 15 is 4.39 Å². The Bertz CT molecular complexity index is 1180. The number of aromatic nitrogens is 2. The molecule has 0 unspecified atom stereocenters. The van der Waals surface area contributed by atoms with Crippen molar-refractivity contribution in [1.82, 2.24) is 14.9 Å². The van der Waals surface area contributed by atoms with Gasteiger partial charge in [-0.3, -0.25) is 14.8 Å². The first kappa shape index (κ1) is 22.9. The van der Waals surface area contributed by atoms with Crippen molar-refractivity contribution in [3.8, 4) is 0 Å². The van der Waals surface area contributed by atoms with E-state index in [1.165, 1.54) is 25.3 Å². The highest BCUT2D eigenvalue weighted by Crippen LogP contribution is 2.38. The van der Waals surface area contributed by atoms with Crippen LogP contribution in [0.1, 0.15) is 56.0 Å². The molecule has 3 heterocycles. The Balaban J connectivity index is 1.64. The second-order valence-electron chi connectivity index (χ2n) is 8.33. The average molecular weight is 460 g/mol.